The number of aryl methyl sites for hydroxylation is 1. The third-order valence-corrected chi connectivity index (χ3v) is 7.12. The molecule has 2 nitrogen and oxygen atoms in total. The lowest BCUT2D eigenvalue weighted by atomic mass is 9.83. The van der Waals surface area contributed by atoms with Crippen molar-refractivity contribution in [2.75, 3.05) is 7.11 Å². The number of methoxy groups -OCH3 is 1. The second-order valence-electron chi connectivity index (χ2n) is 11.2. The molecule has 0 amide bonds. The van der Waals surface area contributed by atoms with E-state index in [-0.39, 0.29) is 11.4 Å². The summed E-state index contributed by atoms with van der Waals surface area (Å²) in [5, 5.41) is 0. The molecule has 0 aromatic heterocycles. The molecule has 0 radical (unpaired) electrons. The summed E-state index contributed by atoms with van der Waals surface area (Å²) in [6.45, 7) is 12.7. The van der Waals surface area contributed by atoms with Gasteiger partial charge in [0, 0.05) is 0 Å². The third-order valence-electron chi connectivity index (χ3n) is 7.12. The summed E-state index contributed by atoms with van der Waals surface area (Å²) < 4.78 is 5.03. The molecule has 0 aliphatic carbocycles. The van der Waals surface area contributed by atoms with Crippen LogP contribution in [0.5, 0.6) is 0 Å². The number of hydrogen-bond acceptors (Lipinski definition) is 2. The highest BCUT2D eigenvalue weighted by molar-refractivity contribution is 5.98. The first-order chi connectivity index (χ1) is 19.7. The van der Waals surface area contributed by atoms with Gasteiger partial charge in [0.05, 0.1) is 12.7 Å². The maximum absolute atomic E-state index is 12.4. The Labute approximate surface area is 245 Å². The fourth-order valence-corrected chi connectivity index (χ4v) is 4.58. The molecular weight excluding hydrogens is 500 g/mol. The third kappa shape index (κ3) is 7.49. The van der Waals surface area contributed by atoms with E-state index in [0.717, 1.165) is 27.8 Å². The predicted octanol–water partition coefficient (Wildman–Crippen LogP) is 10.2. The average molecular weight is 539 g/mol. The topological polar surface area (TPSA) is 26.3 Å². The van der Waals surface area contributed by atoms with Crippen molar-refractivity contribution in [2.24, 2.45) is 0 Å². The molecule has 5 rings (SSSR count). The molecule has 0 saturated carbocycles. The summed E-state index contributed by atoms with van der Waals surface area (Å²) in [6.07, 6.45) is 0. The van der Waals surface area contributed by atoms with Crippen LogP contribution in [0.4, 0.5) is 0 Å². The quantitative estimate of drug-likeness (QED) is 0.208. The standard InChI is InChI=1S/C26H26O2.C13H12/c1-18(19-11-13-21(14-12-19)20-9-7-6-8-10-20)23-16-15-22(26(2,3)4)17-24(23)25(27)28-5;1-11-7-9-13(10-8-11)12-5-3-2-4-6-12/h6-17H,1H2,2-5H3;2-10H,1H3. The van der Waals surface area contributed by atoms with Gasteiger partial charge < -0.3 is 4.74 Å². The average Bonchev–Trinajstić information content (AvgIpc) is 3.01. The zero-order valence-corrected chi connectivity index (χ0v) is 24.6. The van der Waals surface area contributed by atoms with Crippen molar-refractivity contribution in [3.63, 3.8) is 0 Å². The van der Waals surface area contributed by atoms with Crippen molar-refractivity contribution in [3.8, 4) is 22.3 Å². The Balaban J connectivity index is 0.000000247. The molecule has 0 heterocycles. The zero-order chi connectivity index (χ0) is 29.4. The lowest BCUT2D eigenvalue weighted by Crippen LogP contribution is -2.14. The molecule has 5 aromatic carbocycles. The molecule has 0 saturated heterocycles. The highest BCUT2D eigenvalue weighted by Gasteiger charge is 2.20. The van der Waals surface area contributed by atoms with Crippen LogP contribution in [0.3, 0.4) is 0 Å². The van der Waals surface area contributed by atoms with E-state index >= 15 is 0 Å². The van der Waals surface area contributed by atoms with E-state index in [4.69, 9.17) is 4.74 Å². The van der Waals surface area contributed by atoms with Crippen molar-refractivity contribution in [1.82, 2.24) is 0 Å². The van der Waals surface area contributed by atoms with Crippen LogP contribution in [-0.4, -0.2) is 13.1 Å². The summed E-state index contributed by atoms with van der Waals surface area (Å²) in [5.74, 6) is -0.344. The second-order valence-corrected chi connectivity index (χ2v) is 11.2. The Morgan fingerprint density at radius 1 is 0.610 bits per heavy atom. The molecule has 0 aliphatic heterocycles. The van der Waals surface area contributed by atoms with Gasteiger partial charge in [-0.25, -0.2) is 4.79 Å². The predicted molar refractivity (Wildman–Crippen MR) is 173 cm³/mol. The number of esters is 1. The van der Waals surface area contributed by atoms with Crippen LogP contribution in [0.25, 0.3) is 27.8 Å². The number of ether oxygens (including phenoxy) is 1. The monoisotopic (exact) mass is 538 g/mol. The van der Waals surface area contributed by atoms with Gasteiger partial charge in [-0.05, 0) is 62.9 Å². The lowest BCUT2D eigenvalue weighted by molar-refractivity contribution is 0.0600. The summed E-state index contributed by atoms with van der Waals surface area (Å²) in [6, 6.07) is 43.5. The van der Waals surface area contributed by atoms with Gasteiger partial charge in [-0.3, -0.25) is 0 Å². The first-order valence-electron chi connectivity index (χ1n) is 13.9. The Bertz CT molecular complexity index is 1590. The number of rotatable bonds is 5. The lowest BCUT2D eigenvalue weighted by Gasteiger charge is -2.21. The van der Waals surface area contributed by atoms with Crippen LogP contribution in [-0.2, 0) is 10.2 Å². The molecule has 41 heavy (non-hydrogen) atoms. The Hall–Kier alpha value is -4.69. The molecule has 0 spiro atoms. The number of hydrogen-bond donors (Lipinski definition) is 0. The summed E-state index contributed by atoms with van der Waals surface area (Å²) >= 11 is 0. The minimum absolute atomic E-state index is 0.0556. The molecule has 2 heteroatoms. The maximum Gasteiger partial charge on any atom is 0.338 e. The normalized spacial score (nSPS) is 10.8. The smallest absolute Gasteiger partial charge is 0.338 e. The largest absolute Gasteiger partial charge is 0.465 e. The van der Waals surface area contributed by atoms with Gasteiger partial charge in [-0.2, -0.15) is 0 Å². The van der Waals surface area contributed by atoms with Crippen LogP contribution in [0.1, 0.15) is 53.4 Å². The zero-order valence-electron chi connectivity index (χ0n) is 24.6. The second kappa shape index (κ2) is 13.1. The molecule has 0 aliphatic rings. The Kier molecular flexibility index (Phi) is 9.37. The van der Waals surface area contributed by atoms with Gasteiger partial charge in [0.2, 0.25) is 0 Å². The van der Waals surface area contributed by atoms with E-state index in [1.54, 1.807) is 0 Å². The summed E-state index contributed by atoms with van der Waals surface area (Å²) in [7, 11) is 1.41. The number of benzene rings is 5. The van der Waals surface area contributed by atoms with Gasteiger partial charge in [-0.1, -0.05) is 154 Å². The van der Waals surface area contributed by atoms with Crippen LogP contribution < -0.4 is 0 Å². The fraction of sp³-hybridized carbons (Fsp3) is 0.154. The van der Waals surface area contributed by atoms with E-state index in [1.807, 2.05) is 48.5 Å². The number of carbonyl (C=O) groups excluding carboxylic acids is 1. The molecule has 206 valence electrons. The summed E-state index contributed by atoms with van der Waals surface area (Å²) in [5.41, 5.74) is 10.4. The molecule has 5 aromatic rings. The molecule has 0 unspecified atom stereocenters. The Morgan fingerprint density at radius 3 is 1.54 bits per heavy atom. The van der Waals surface area contributed by atoms with Crippen LogP contribution in [0, 0.1) is 6.92 Å². The highest BCUT2D eigenvalue weighted by Crippen LogP contribution is 2.31. The molecule has 0 bridgehead atoms. The first kappa shape index (κ1) is 29.3. The number of carbonyl (C=O) groups is 1. The fourth-order valence-electron chi connectivity index (χ4n) is 4.58. The minimum atomic E-state index is -0.344. The van der Waals surface area contributed by atoms with E-state index in [9.17, 15) is 4.79 Å². The van der Waals surface area contributed by atoms with Crippen molar-refractivity contribution in [1.29, 1.82) is 0 Å². The van der Waals surface area contributed by atoms with Gasteiger partial charge >= 0.3 is 5.97 Å². The van der Waals surface area contributed by atoms with E-state index in [2.05, 4.69) is 113 Å². The van der Waals surface area contributed by atoms with Gasteiger partial charge in [0.1, 0.15) is 0 Å². The first-order valence-corrected chi connectivity index (χ1v) is 13.9. The van der Waals surface area contributed by atoms with Crippen molar-refractivity contribution < 1.29 is 9.53 Å². The maximum atomic E-state index is 12.4. The van der Waals surface area contributed by atoms with E-state index in [0.29, 0.717) is 5.56 Å². The van der Waals surface area contributed by atoms with E-state index in [1.165, 1.54) is 29.4 Å². The van der Waals surface area contributed by atoms with Gasteiger partial charge in [0.25, 0.3) is 0 Å². The van der Waals surface area contributed by atoms with Crippen LogP contribution in [0.2, 0.25) is 0 Å². The van der Waals surface area contributed by atoms with Crippen LogP contribution >= 0.6 is 0 Å². The van der Waals surface area contributed by atoms with E-state index < -0.39 is 0 Å². The van der Waals surface area contributed by atoms with Crippen LogP contribution in [0.15, 0.2) is 134 Å². The summed E-state index contributed by atoms with van der Waals surface area (Å²) in [4.78, 5) is 12.4. The van der Waals surface area contributed by atoms with Gasteiger partial charge in [0.15, 0.2) is 0 Å². The Morgan fingerprint density at radius 2 is 1.07 bits per heavy atom. The minimum Gasteiger partial charge on any atom is -0.465 e. The van der Waals surface area contributed by atoms with Crippen molar-refractivity contribution in [2.45, 2.75) is 33.1 Å². The molecule has 0 atom stereocenters. The molecule has 0 fully saturated rings. The highest BCUT2D eigenvalue weighted by atomic mass is 16.5. The molecule has 0 N–H and O–H groups in total. The van der Waals surface area contributed by atoms with Gasteiger partial charge in [-0.15, -0.1) is 0 Å². The SMILES string of the molecule is C=C(c1ccc(-c2ccccc2)cc1)c1ccc(C(C)(C)C)cc1C(=O)OC.Cc1ccc(-c2ccccc2)cc1. The van der Waals surface area contributed by atoms with Crippen molar-refractivity contribution in [3.05, 3.63) is 162 Å². The van der Waals surface area contributed by atoms with Crippen molar-refractivity contribution >= 4 is 11.5 Å². The molecular formula is C39H38O2.